The Balaban J connectivity index is 1.63. The van der Waals surface area contributed by atoms with E-state index < -0.39 is 5.41 Å². The van der Waals surface area contributed by atoms with Gasteiger partial charge in [-0.3, -0.25) is 4.79 Å². The van der Waals surface area contributed by atoms with Crippen LogP contribution in [0.2, 0.25) is 5.02 Å². The summed E-state index contributed by atoms with van der Waals surface area (Å²) in [5, 5.41) is 21.0. The number of H-pyrrole nitrogens is 1. The molecule has 1 amide bonds. The molecule has 1 aliphatic heterocycles. The Bertz CT molecular complexity index is 1050. The van der Waals surface area contributed by atoms with E-state index in [9.17, 15) is 15.0 Å². The predicted octanol–water partition coefficient (Wildman–Crippen LogP) is 3.69. The van der Waals surface area contributed by atoms with Crippen LogP contribution >= 0.6 is 11.6 Å². The summed E-state index contributed by atoms with van der Waals surface area (Å²) in [5.74, 6) is 0.653. The zero-order valence-corrected chi connectivity index (χ0v) is 18.2. The Hall–Kier alpha value is -2.54. The molecule has 3 aromatic rings. The number of aliphatic hydroxyl groups is 2. The number of hydrogen-bond donors (Lipinski definition) is 3. The van der Waals surface area contributed by atoms with Crippen LogP contribution in [-0.4, -0.2) is 52.9 Å². The van der Waals surface area contributed by atoms with Crippen molar-refractivity contribution < 1.29 is 19.7 Å². The SMILES string of the molecule is CCC(CO)(CO)COc1ccc([C@H]2c3[nH]c4ccc(Cl)cc4c3CCN2C=O)cc1. The van der Waals surface area contributed by atoms with E-state index in [1.165, 1.54) is 5.56 Å². The Morgan fingerprint density at radius 1 is 1.23 bits per heavy atom. The highest BCUT2D eigenvalue weighted by atomic mass is 35.5. The summed E-state index contributed by atoms with van der Waals surface area (Å²) in [5.41, 5.74) is 3.53. The lowest BCUT2D eigenvalue weighted by Crippen LogP contribution is -2.35. The topological polar surface area (TPSA) is 85.8 Å². The zero-order chi connectivity index (χ0) is 22.0. The largest absolute Gasteiger partial charge is 0.493 e. The van der Waals surface area contributed by atoms with Gasteiger partial charge in [-0.25, -0.2) is 0 Å². The number of halogens is 1. The fraction of sp³-hybridized carbons (Fsp3) is 0.375. The maximum atomic E-state index is 11.8. The van der Waals surface area contributed by atoms with E-state index in [2.05, 4.69) is 4.98 Å². The Morgan fingerprint density at radius 3 is 2.61 bits per heavy atom. The average molecular weight is 443 g/mol. The van der Waals surface area contributed by atoms with E-state index in [1.54, 1.807) is 4.90 Å². The molecule has 0 aliphatic carbocycles. The van der Waals surface area contributed by atoms with Gasteiger partial charge < -0.3 is 24.8 Å². The second-order valence-electron chi connectivity index (χ2n) is 8.23. The van der Waals surface area contributed by atoms with Crippen molar-refractivity contribution >= 4 is 28.9 Å². The van der Waals surface area contributed by atoms with E-state index in [1.807, 2.05) is 49.4 Å². The lowest BCUT2D eigenvalue weighted by Gasteiger charge is -2.33. The monoisotopic (exact) mass is 442 g/mol. The van der Waals surface area contributed by atoms with Gasteiger partial charge in [-0.15, -0.1) is 0 Å². The quantitative estimate of drug-likeness (QED) is 0.464. The summed E-state index contributed by atoms with van der Waals surface area (Å²) in [4.78, 5) is 17.1. The van der Waals surface area contributed by atoms with Gasteiger partial charge in [0.15, 0.2) is 0 Å². The van der Waals surface area contributed by atoms with Crippen molar-refractivity contribution in [2.24, 2.45) is 5.41 Å². The number of hydrogen-bond acceptors (Lipinski definition) is 4. The number of nitrogens with zero attached hydrogens (tertiary/aromatic N) is 1. The van der Waals surface area contributed by atoms with Crippen LogP contribution in [-0.2, 0) is 11.2 Å². The molecule has 2 heterocycles. The van der Waals surface area contributed by atoms with Crippen molar-refractivity contribution in [2.45, 2.75) is 25.8 Å². The molecule has 0 bridgehead atoms. The van der Waals surface area contributed by atoms with Gasteiger partial charge in [-0.2, -0.15) is 0 Å². The van der Waals surface area contributed by atoms with E-state index in [0.717, 1.165) is 35.0 Å². The molecule has 6 nitrogen and oxygen atoms in total. The summed E-state index contributed by atoms with van der Waals surface area (Å²) in [7, 11) is 0. The molecule has 31 heavy (non-hydrogen) atoms. The Morgan fingerprint density at radius 2 is 1.97 bits per heavy atom. The number of amides is 1. The summed E-state index contributed by atoms with van der Waals surface area (Å²) in [6.07, 6.45) is 2.28. The van der Waals surface area contributed by atoms with Gasteiger partial charge in [0, 0.05) is 28.2 Å². The first kappa shape index (κ1) is 21.7. The summed E-state index contributed by atoms with van der Waals surface area (Å²) >= 11 is 6.21. The van der Waals surface area contributed by atoms with Crippen molar-refractivity contribution in [1.82, 2.24) is 9.88 Å². The molecule has 4 rings (SSSR count). The van der Waals surface area contributed by atoms with Gasteiger partial charge in [0.25, 0.3) is 0 Å². The van der Waals surface area contributed by atoms with E-state index in [4.69, 9.17) is 16.3 Å². The first-order chi connectivity index (χ1) is 15.0. The van der Waals surface area contributed by atoms with Crippen molar-refractivity contribution in [3.05, 3.63) is 64.3 Å². The summed E-state index contributed by atoms with van der Waals surface area (Å²) in [6.45, 7) is 2.50. The molecule has 0 saturated heterocycles. The number of rotatable bonds is 8. The normalized spacial score (nSPS) is 16.4. The first-order valence-electron chi connectivity index (χ1n) is 10.5. The van der Waals surface area contributed by atoms with E-state index in [-0.39, 0.29) is 25.9 Å². The van der Waals surface area contributed by atoms with Crippen LogP contribution in [0.1, 0.15) is 36.2 Å². The molecule has 1 atom stereocenters. The molecule has 0 spiro atoms. The van der Waals surface area contributed by atoms with E-state index >= 15 is 0 Å². The number of aliphatic hydroxyl groups excluding tert-OH is 2. The molecule has 0 unspecified atom stereocenters. The molecule has 1 aliphatic rings. The van der Waals surface area contributed by atoms with Gasteiger partial charge in [0.2, 0.25) is 6.41 Å². The second-order valence-corrected chi connectivity index (χ2v) is 8.67. The number of benzene rings is 2. The van der Waals surface area contributed by atoms with Crippen LogP contribution < -0.4 is 4.74 Å². The fourth-order valence-electron chi connectivity index (χ4n) is 4.20. The minimum Gasteiger partial charge on any atom is -0.493 e. The van der Waals surface area contributed by atoms with Gasteiger partial charge in [0.1, 0.15) is 5.75 Å². The third-order valence-electron chi connectivity index (χ3n) is 6.42. The van der Waals surface area contributed by atoms with Crippen LogP contribution in [0.15, 0.2) is 42.5 Å². The Labute approximate surface area is 186 Å². The maximum Gasteiger partial charge on any atom is 0.210 e. The number of aromatic amines is 1. The predicted molar refractivity (Wildman–Crippen MR) is 120 cm³/mol. The van der Waals surface area contributed by atoms with Gasteiger partial charge in [-0.1, -0.05) is 30.7 Å². The number of carbonyl (C=O) groups excluding carboxylic acids is 1. The number of ether oxygens (including phenoxy) is 1. The number of fused-ring (bicyclic) bond motifs is 3. The highest BCUT2D eigenvalue weighted by Gasteiger charge is 2.31. The number of carbonyl (C=O) groups is 1. The molecular weight excluding hydrogens is 416 g/mol. The smallest absolute Gasteiger partial charge is 0.210 e. The second kappa shape index (κ2) is 8.91. The van der Waals surface area contributed by atoms with Crippen LogP contribution in [0.4, 0.5) is 0 Å². The summed E-state index contributed by atoms with van der Waals surface area (Å²) in [6, 6.07) is 13.2. The molecule has 0 saturated carbocycles. The van der Waals surface area contributed by atoms with Crippen LogP contribution in [0.5, 0.6) is 5.75 Å². The highest BCUT2D eigenvalue weighted by molar-refractivity contribution is 6.31. The summed E-state index contributed by atoms with van der Waals surface area (Å²) < 4.78 is 5.84. The van der Waals surface area contributed by atoms with Gasteiger partial charge >= 0.3 is 0 Å². The van der Waals surface area contributed by atoms with Crippen LogP contribution in [0.25, 0.3) is 10.9 Å². The van der Waals surface area contributed by atoms with Gasteiger partial charge in [0.05, 0.1) is 31.3 Å². The highest BCUT2D eigenvalue weighted by Crippen LogP contribution is 2.38. The Kier molecular flexibility index (Phi) is 6.23. The van der Waals surface area contributed by atoms with Crippen molar-refractivity contribution in [3.8, 4) is 5.75 Å². The van der Waals surface area contributed by atoms with Crippen molar-refractivity contribution in [1.29, 1.82) is 0 Å². The molecule has 3 N–H and O–H groups in total. The average Bonchev–Trinajstić information content (AvgIpc) is 3.18. The van der Waals surface area contributed by atoms with Crippen molar-refractivity contribution in [2.75, 3.05) is 26.4 Å². The number of aromatic nitrogens is 1. The molecule has 0 fully saturated rings. The van der Waals surface area contributed by atoms with Crippen LogP contribution in [0.3, 0.4) is 0 Å². The van der Waals surface area contributed by atoms with Gasteiger partial charge in [-0.05, 0) is 54.3 Å². The molecule has 7 heteroatoms. The lowest BCUT2D eigenvalue weighted by molar-refractivity contribution is -0.120. The zero-order valence-electron chi connectivity index (χ0n) is 17.5. The minimum atomic E-state index is -0.656. The van der Waals surface area contributed by atoms with E-state index in [0.29, 0.717) is 23.7 Å². The first-order valence-corrected chi connectivity index (χ1v) is 10.9. The standard InChI is InChI=1S/C24H27ClN2O4/c1-2-24(12-28,13-29)14-31-18-6-3-16(4-7-18)23-22-19(9-10-27(23)15-30)20-11-17(25)5-8-21(20)26-22/h3-8,11,15,23,26,28-29H,2,9-10,12-14H2,1H3/t23-/m0/s1. The minimum absolute atomic E-state index is 0.137. The van der Waals surface area contributed by atoms with Crippen molar-refractivity contribution in [3.63, 3.8) is 0 Å². The fourth-order valence-corrected chi connectivity index (χ4v) is 4.37. The molecular formula is C24H27ClN2O4. The number of nitrogens with one attached hydrogen (secondary N) is 1. The third kappa shape index (κ3) is 4.03. The molecule has 0 radical (unpaired) electrons. The molecule has 2 aromatic carbocycles. The third-order valence-corrected chi connectivity index (χ3v) is 6.66. The maximum absolute atomic E-state index is 11.8. The van der Waals surface area contributed by atoms with Crippen LogP contribution in [0, 0.1) is 5.41 Å². The molecule has 1 aromatic heterocycles. The lowest BCUT2D eigenvalue weighted by atomic mass is 9.88. The molecule has 164 valence electrons.